The van der Waals surface area contributed by atoms with Crippen molar-refractivity contribution in [1.29, 1.82) is 0 Å². The van der Waals surface area contributed by atoms with Gasteiger partial charge in [-0.3, -0.25) is 19.5 Å². The minimum absolute atomic E-state index is 0.0727. The summed E-state index contributed by atoms with van der Waals surface area (Å²) in [5.41, 5.74) is 0.913. The van der Waals surface area contributed by atoms with Gasteiger partial charge in [0.15, 0.2) is 0 Å². The third-order valence-electron chi connectivity index (χ3n) is 4.20. The van der Waals surface area contributed by atoms with Gasteiger partial charge < -0.3 is 16.0 Å². The largest absolute Gasteiger partial charge is 0.382 e. The Morgan fingerprint density at radius 1 is 1.35 bits per heavy atom. The Morgan fingerprint density at radius 3 is 3.04 bits per heavy atom. The second-order valence-electron chi connectivity index (χ2n) is 6.08. The summed E-state index contributed by atoms with van der Waals surface area (Å²) in [6, 6.07) is 7.41. The molecule has 2 aromatic rings. The molecule has 26 heavy (non-hydrogen) atoms. The van der Waals surface area contributed by atoms with Crippen molar-refractivity contribution >= 4 is 28.8 Å². The molecule has 3 N–H and O–H groups in total. The second kappa shape index (κ2) is 9.30. The fraction of sp³-hybridized carbons (Fsp3) is 0.389. The van der Waals surface area contributed by atoms with E-state index >= 15 is 0 Å². The number of hydrogen-bond donors (Lipinski definition) is 3. The number of pyridine rings is 1. The van der Waals surface area contributed by atoms with Gasteiger partial charge in [-0.05, 0) is 23.6 Å². The van der Waals surface area contributed by atoms with Gasteiger partial charge in [0.25, 0.3) is 0 Å². The highest BCUT2D eigenvalue weighted by Crippen LogP contribution is 2.17. The standard InChI is InChI=1S/C18H23N5O2S/c24-17(21-7-6-20-14-3-1-5-19-12-14)11-16-18(25)22-8-9-23(16)13-15-4-2-10-26-15/h1-5,10,12,16,20H,6-9,11,13H2,(H,21,24)(H,22,25)/t16-/m0/s1. The van der Waals surface area contributed by atoms with Crippen LogP contribution in [0.5, 0.6) is 0 Å². The van der Waals surface area contributed by atoms with Crippen molar-refractivity contribution in [3.63, 3.8) is 0 Å². The summed E-state index contributed by atoms with van der Waals surface area (Å²) in [6.07, 6.45) is 3.62. The lowest BCUT2D eigenvalue weighted by Crippen LogP contribution is -2.56. The van der Waals surface area contributed by atoms with Crippen molar-refractivity contribution in [3.05, 3.63) is 46.9 Å². The molecule has 1 fully saturated rings. The Morgan fingerprint density at radius 2 is 2.27 bits per heavy atom. The van der Waals surface area contributed by atoms with Crippen LogP contribution in [0.25, 0.3) is 0 Å². The number of carbonyl (C=O) groups is 2. The maximum atomic E-state index is 12.3. The molecular formula is C18H23N5O2S. The molecule has 0 aromatic carbocycles. The van der Waals surface area contributed by atoms with Crippen molar-refractivity contribution in [3.8, 4) is 0 Å². The summed E-state index contributed by atoms with van der Waals surface area (Å²) >= 11 is 1.67. The van der Waals surface area contributed by atoms with Crippen LogP contribution >= 0.6 is 11.3 Å². The molecule has 0 aliphatic carbocycles. The normalized spacial score (nSPS) is 17.5. The SMILES string of the molecule is O=C(C[C@H]1C(=O)NCCN1Cc1cccs1)NCCNc1cccnc1. The molecule has 0 unspecified atom stereocenters. The van der Waals surface area contributed by atoms with E-state index in [9.17, 15) is 9.59 Å². The fourth-order valence-corrected chi connectivity index (χ4v) is 3.63. The average molecular weight is 373 g/mol. The number of carbonyl (C=O) groups excluding carboxylic acids is 2. The van der Waals surface area contributed by atoms with Gasteiger partial charge in [-0.2, -0.15) is 0 Å². The van der Waals surface area contributed by atoms with Crippen molar-refractivity contribution in [2.45, 2.75) is 19.0 Å². The highest BCUT2D eigenvalue weighted by molar-refractivity contribution is 7.09. The number of piperazine rings is 1. The summed E-state index contributed by atoms with van der Waals surface area (Å²) in [5, 5.41) is 10.9. The lowest BCUT2D eigenvalue weighted by atomic mass is 10.1. The minimum Gasteiger partial charge on any atom is -0.382 e. The number of thiophene rings is 1. The van der Waals surface area contributed by atoms with Gasteiger partial charge >= 0.3 is 0 Å². The summed E-state index contributed by atoms with van der Waals surface area (Å²) in [6.45, 7) is 3.17. The fourth-order valence-electron chi connectivity index (χ4n) is 2.90. The van der Waals surface area contributed by atoms with Crippen LogP contribution in [0.4, 0.5) is 5.69 Å². The second-order valence-corrected chi connectivity index (χ2v) is 7.11. The van der Waals surface area contributed by atoms with E-state index < -0.39 is 6.04 Å². The van der Waals surface area contributed by atoms with E-state index in [2.05, 4.69) is 31.9 Å². The van der Waals surface area contributed by atoms with Gasteiger partial charge in [0.05, 0.1) is 18.2 Å². The first-order valence-corrected chi connectivity index (χ1v) is 9.55. The summed E-state index contributed by atoms with van der Waals surface area (Å²) in [4.78, 5) is 31.8. The molecule has 1 aliphatic heterocycles. The summed E-state index contributed by atoms with van der Waals surface area (Å²) < 4.78 is 0. The van der Waals surface area contributed by atoms with Crippen LogP contribution < -0.4 is 16.0 Å². The van der Waals surface area contributed by atoms with Crippen LogP contribution in [0.3, 0.4) is 0 Å². The first-order chi connectivity index (χ1) is 12.7. The van der Waals surface area contributed by atoms with E-state index in [1.807, 2.05) is 23.6 Å². The Hall–Kier alpha value is -2.45. The van der Waals surface area contributed by atoms with Crippen LogP contribution in [-0.4, -0.2) is 53.9 Å². The number of nitrogens with one attached hydrogen (secondary N) is 3. The molecule has 1 saturated heterocycles. The molecule has 3 rings (SSSR count). The molecule has 2 aromatic heterocycles. The molecule has 2 amide bonds. The number of nitrogens with zero attached hydrogens (tertiary/aromatic N) is 2. The van der Waals surface area contributed by atoms with Crippen LogP contribution in [0, 0.1) is 0 Å². The highest BCUT2D eigenvalue weighted by atomic mass is 32.1. The van der Waals surface area contributed by atoms with Gasteiger partial charge in [-0.25, -0.2) is 0 Å². The molecule has 8 heteroatoms. The van der Waals surface area contributed by atoms with E-state index in [1.165, 1.54) is 4.88 Å². The monoisotopic (exact) mass is 373 g/mol. The van der Waals surface area contributed by atoms with Crippen LogP contribution in [-0.2, 0) is 16.1 Å². The maximum absolute atomic E-state index is 12.3. The Kier molecular flexibility index (Phi) is 6.56. The molecule has 7 nitrogen and oxygen atoms in total. The summed E-state index contributed by atoms with van der Waals surface area (Å²) in [5.74, 6) is -0.187. The van der Waals surface area contributed by atoms with Gasteiger partial charge in [-0.15, -0.1) is 11.3 Å². The van der Waals surface area contributed by atoms with Crippen LogP contribution in [0.2, 0.25) is 0 Å². The zero-order chi connectivity index (χ0) is 18.2. The Labute approximate surface area is 156 Å². The van der Waals surface area contributed by atoms with E-state index in [0.717, 1.165) is 12.2 Å². The number of aromatic nitrogens is 1. The summed E-state index contributed by atoms with van der Waals surface area (Å²) in [7, 11) is 0. The average Bonchev–Trinajstić information content (AvgIpc) is 3.16. The van der Waals surface area contributed by atoms with Gasteiger partial charge in [0, 0.05) is 50.0 Å². The van der Waals surface area contributed by atoms with Crippen molar-refractivity contribution < 1.29 is 9.59 Å². The number of amides is 2. The quantitative estimate of drug-likeness (QED) is 0.603. The molecule has 1 atom stereocenters. The molecule has 1 aliphatic rings. The minimum atomic E-state index is -0.419. The lowest BCUT2D eigenvalue weighted by Gasteiger charge is -2.34. The zero-order valence-corrected chi connectivity index (χ0v) is 15.3. The van der Waals surface area contributed by atoms with Crippen molar-refractivity contribution in [2.75, 3.05) is 31.5 Å². The van der Waals surface area contributed by atoms with Crippen LogP contribution in [0.1, 0.15) is 11.3 Å². The van der Waals surface area contributed by atoms with Gasteiger partial charge in [-0.1, -0.05) is 6.07 Å². The van der Waals surface area contributed by atoms with Gasteiger partial charge in [0.2, 0.25) is 11.8 Å². The topological polar surface area (TPSA) is 86.4 Å². The third kappa shape index (κ3) is 5.27. The first-order valence-electron chi connectivity index (χ1n) is 8.67. The molecule has 0 spiro atoms. The predicted octanol–water partition coefficient (Wildman–Crippen LogP) is 1.06. The lowest BCUT2D eigenvalue weighted by molar-refractivity contribution is -0.134. The van der Waals surface area contributed by atoms with Crippen LogP contribution in [0.15, 0.2) is 42.0 Å². The third-order valence-corrected chi connectivity index (χ3v) is 5.06. The van der Waals surface area contributed by atoms with Crippen molar-refractivity contribution in [1.82, 2.24) is 20.5 Å². The van der Waals surface area contributed by atoms with E-state index in [0.29, 0.717) is 26.2 Å². The maximum Gasteiger partial charge on any atom is 0.237 e. The molecule has 0 saturated carbocycles. The Bertz CT molecular complexity index is 708. The molecule has 0 radical (unpaired) electrons. The zero-order valence-electron chi connectivity index (χ0n) is 14.5. The Balaban J connectivity index is 1.45. The van der Waals surface area contributed by atoms with Gasteiger partial charge in [0.1, 0.15) is 0 Å². The van der Waals surface area contributed by atoms with Crippen molar-refractivity contribution in [2.24, 2.45) is 0 Å². The van der Waals surface area contributed by atoms with E-state index in [4.69, 9.17) is 0 Å². The molecule has 3 heterocycles. The predicted molar refractivity (Wildman–Crippen MR) is 102 cm³/mol. The smallest absolute Gasteiger partial charge is 0.237 e. The first kappa shape index (κ1) is 18.3. The number of rotatable bonds is 8. The molecule has 0 bridgehead atoms. The molecule has 138 valence electrons. The van der Waals surface area contributed by atoms with E-state index in [1.54, 1.807) is 23.7 Å². The number of hydrogen-bond acceptors (Lipinski definition) is 6. The van der Waals surface area contributed by atoms with E-state index in [-0.39, 0.29) is 18.2 Å². The molecular weight excluding hydrogens is 350 g/mol. The number of anilines is 1. The highest BCUT2D eigenvalue weighted by Gasteiger charge is 2.31.